The average Bonchev–Trinajstić information content (AvgIpc) is 3.37. The SMILES string of the molecule is CCCCOC(=O)CN1CCN(C2(C)CCN(C(=O)[C@@H](Cc3cc(Cl)c(N)c(C(F)(F)F)c3)OC(=O)N3CCC(N4CCc5ccccc5NC4=O)CC3)CC2)CC1. The van der Waals surface area contributed by atoms with Gasteiger partial charge in [-0.2, -0.15) is 13.2 Å². The minimum atomic E-state index is -4.79. The number of nitrogens with two attached hydrogens (primary N) is 1. The lowest BCUT2D eigenvalue weighted by atomic mass is 9.86. The molecule has 13 nitrogen and oxygen atoms in total. The number of nitrogens with one attached hydrogen (secondary N) is 1. The number of urea groups is 1. The topological polar surface area (TPSA) is 141 Å². The Bertz CT molecular complexity index is 1790. The highest BCUT2D eigenvalue weighted by atomic mass is 35.5. The number of carbonyl (C=O) groups excluding carboxylic acids is 4. The Hall–Kier alpha value is -4.28. The molecule has 4 aliphatic heterocycles. The molecule has 4 amide bonds. The maximum Gasteiger partial charge on any atom is 0.418 e. The Morgan fingerprint density at radius 1 is 0.983 bits per heavy atom. The summed E-state index contributed by atoms with van der Waals surface area (Å²) in [6, 6.07) is 9.47. The lowest BCUT2D eigenvalue weighted by Gasteiger charge is -2.50. The summed E-state index contributed by atoms with van der Waals surface area (Å²) in [5.74, 6) is -0.719. The summed E-state index contributed by atoms with van der Waals surface area (Å²) in [6.45, 7) is 9.58. The van der Waals surface area contributed by atoms with Crippen molar-refractivity contribution in [1.82, 2.24) is 24.5 Å². The molecule has 0 aromatic heterocycles. The van der Waals surface area contributed by atoms with E-state index in [-0.39, 0.29) is 60.2 Å². The van der Waals surface area contributed by atoms with Crippen molar-refractivity contribution >= 4 is 47.0 Å². The summed E-state index contributed by atoms with van der Waals surface area (Å²) >= 11 is 6.15. The molecule has 2 aromatic rings. The summed E-state index contributed by atoms with van der Waals surface area (Å²) in [4.78, 5) is 62.7. The van der Waals surface area contributed by atoms with Gasteiger partial charge in [0.1, 0.15) is 0 Å². The number of ether oxygens (including phenoxy) is 2. The standard InChI is InChI=1S/C41H55ClF3N7O6/c1-3-4-23-57-35(53)27-48-19-21-51(22-20-48)40(2)12-17-49(18-13-40)37(54)34(26-28-24-31(41(43,44)45)36(46)32(42)25-28)58-39(56)50-14-10-30(11-15-50)52-16-9-29-7-5-6-8-33(29)47-38(52)55/h5-8,24-25,30,34H,3-4,9-23,26-27,46H2,1-2H3,(H,47,55)/t34-/m1/s1. The summed E-state index contributed by atoms with van der Waals surface area (Å²) in [5, 5.41) is 2.67. The molecule has 0 radical (unpaired) electrons. The summed E-state index contributed by atoms with van der Waals surface area (Å²) in [6.07, 6.45) is -2.58. The van der Waals surface area contributed by atoms with Crippen LogP contribution in [0.1, 0.15) is 69.1 Å². The number of piperazine rings is 1. The second-order valence-corrected chi connectivity index (χ2v) is 16.4. The molecular formula is C41H55ClF3N7O6. The van der Waals surface area contributed by atoms with Crippen molar-refractivity contribution in [1.29, 1.82) is 0 Å². The third kappa shape index (κ3) is 10.5. The number of para-hydroxylation sites is 1. The van der Waals surface area contributed by atoms with Crippen LogP contribution >= 0.6 is 11.6 Å². The number of unbranched alkanes of at least 4 members (excludes halogenated alkanes) is 1. The predicted octanol–water partition coefficient (Wildman–Crippen LogP) is 5.89. The van der Waals surface area contributed by atoms with Crippen molar-refractivity contribution in [2.75, 3.05) is 83.1 Å². The van der Waals surface area contributed by atoms with Crippen LogP contribution in [-0.2, 0) is 38.1 Å². The molecule has 3 fully saturated rings. The lowest BCUT2D eigenvalue weighted by Crippen LogP contribution is -2.60. The molecule has 318 valence electrons. The second kappa shape index (κ2) is 18.8. The summed E-state index contributed by atoms with van der Waals surface area (Å²) in [5.41, 5.74) is 5.61. The van der Waals surface area contributed by atoms with Gasteiger partial charge in [0.25, 0.3) is 5.91 Å². The zero-order chi connectivity index (χ0) is 41.6. The van der Waals surface area contributed by atoms with E-state index in [1.807, 2.05) is 31.2 Å². The van der Waals surface area contributed by atoms with Crippen LogP contribution < -0.4 is 11.1 Å². The first kappa shape index (κ1) is 43.3. The zero-order valence-corrected chi connectivity index (χ0v) is 34.1. The Labute approximate surface area is 342 Å². The molecule has 0 aliphatic carbocycles. The van der Waals surface area contributed by atoms with Gasteiger partial charge >= 0.3 is 24.3 Å². The average molecular weight is 834 g/mol. The Morgan fingerprint density at radius 3 is 2.34 bits per heavy atom. The number of hydrogen-bond acceptors (Lipinski definition) is 9. The van der Waals surface area contributed by atoms with Gasteiger partial charge in [-0.05, 0) is 74.8 Å². The summed E-state index contributed by atoms with van der Waals surface area (Å²) < 4.78 is 53.0. The van der Waals surface area contributed by atoms with E-state index in [1.165, 1.54) is 11.0 Å². The number of fused-ring (bicyclic) bond motifs is 1. The largest absolute Gasteiger partial charge is 0.465 e. The third-order valence-electron chi connectivity index (χ3n) is 12.1. The highest BCUT2D eigenvalue weighted by Gasteiger charge is 2.42. The second-order valence-electron chi connectivity index (χ2n) is 16.0. The minimum absolute atomic E-state index is 0.0542. The fourth-order valence-electron chi connectivity index (χ4n) is 8.45. The first-order valence-electron chi connectivity index (χ1n) is 20.3. The van der Waals surface area contributed by atoms with E-state index in [9.17, 15) is 32.3 Å². The molecule has 3 N–H and O–H groups in total. The van der Waals surface area contributed by atoms with E-state index in [2.05, 4.69) is 22.0 Å². The maximum absolute atomic E-state index is 14.2. The quantitative estimate of drug-likeness (QED) is 0.161. The van der Waals surface area contributed by atoms with Crippen molar-refractivity contribution in [3.05, 3.63) is 58.1 Å². The number of amides is 4. The van der Waals surface area contributed by atoms with Crippen LogP contribution in [0.3, 0.4) is 0 Å². The molecular weight excluding hydrogens is 779 g/mol. The van der Waals surface area contributed by atoms with Crippen LogP contribution in [0, 0.1) is 0 Å². The highest BCUT2D eigenvalue weighted by molar-refractivity contribution is 6.33. The molecule has 6 rings (SSSR count). The number of halogens is 4. The van der Waals surface area contributed by atoms with Crippen molar-refractivity contribution < 1.29 is 41.8 Å². The van der Waals surface area contributed by atoms with Crippen LogP contribution in [-0.4, -0.2) is 138 Å². The van der Waals surface area contributed by atoms with Crippen molar-refractivity contribution in [2.45, 2.75) is 89.1 Å². The number of rotatable bonds is 11. The van der Waals surface area contributed by atoms with E-state index in [4.69, 9.17) is 26.8 Å². The number of piperidine rings is 2. The summed E-state index contributed by atoms with van der Waals surface area (Å²) in [7, 11) is 0. The van der Waals surface area contributed by atoms with Crippen molar-refractivity contribution in [2.24, 2.45) is 0 Å². The number of nitrogen functional groups attached to an aromatic ring is 1. The van der Waals surface area contributed by atoms with E-state index in [0.717, 1.165) is 43.2 Å². The number of nitrogens with zero attached hydrogens (tertiary/aromatic N) is 5. The third-order valence-corrected chi connectivity index (χ3v) is 12.5. The van der Waals surface area contributed by atoms with Crippen LogP contribution in [0.2, 0.25) is 5.02 Å². The van der Waals surface area contributed by atoms with Crippen LogP contribution in [0.15, 0.2) is 36.4 Å². The van der Waals surface area contributed by atoms with E-state index < -0.39 is 35.5 Å². The van der Waals surface area contributed by atoms with Crippen LogP contribution in [0.25, 0.3) is 0 Å². The smallest absolute Gasteiger partial charge is 0.418 e. The van der Waals surface area contributed by atoms with Gasteiger partial charge in [-0.15, -0.1) is 0 Å². The lowest BCUT2D eigenvalue weighted by molar-refractivity contribution is -0.146. The maximum atomic E-state index is 14.2. The molecule has 0 spiro atoms. The molecule has 2 aromatic carbocycles. The van der Waals surface area contributed by atoms with Crippen LogP contribution in [0.4, 0.5) is 34.1 Å². The van der Waals surface area contributed by atoms with Gasteiger partial charge in [-0.25, -0.2) is 9.59 Å². The number of anilines is 2. The van der Waals surface area contributed by atoms with Gasteiger partial charge < -0.3 is 35.2 Å². The van der Waals surface area contributed by atoms with E-state index in [1.54, 1.807) is 9.80 Å². The van der Waals surface area contributed by atoms with Gasteiger partial charge in [-0.3, -0.25) is 19.4 Å². The molecule has 0 unspecified atom stereocenters. The first-order chi connectivity index (χ1) is 27.6. The van der Waals surface area contributed by atoms with E-state index in [0.29, 0.717) is 71.4 Å². The van der Waals surface area contributed by atoms with Crippen molar-refractivity contribution in [3.8, 4) is 0 Å². The monoisotopic (exact) mass is 833 g/mol. The first-order valence-corrected chi connectivity index (χ1v) is 20.7. The van der Waals surface area contributed by atoms with E-state index >= 15 is 0 Å². The molecule has 3 saturated heterocycles. The molecule has 58 heavy (non-hydrogen) atoms. The Kier molecular flexibility index (Phi) is 14.0. The van der Waals surface area contributed by atoms with Gasteiger partial charge in [0.15, 0.2) is 6.10 Å². The molecule has 0 saturated carbocycles. The van der Waals surface area contributed by atoms with Gasteiger partial charge in [0, 0.05) is 82.6 Å². The molecule has 17 heteroatoms. The normalized spacial score (nSPS) is 20.2. The van der Waals surface area contributed by atoms with Gasteiger partial charge in [0.05, 0.1) is 29.4 Å². The fraction of sp³-hybridized carbons (Fsp3) is 0.610. The number of esters is 1. The Balaban J connectivity index is 1.08. The fourth-order valence-corrected chi connectivity index (χ4v) is 8.69. The molecule has 0 bridgehead atoms. The van der Waals surface area contributed by atoms with Crippen LogP contribution in [0.5, 0.6) is 0 Å². The number of alkyl halides is 3. The van der Waals surface area contributed by atoms with Gasteiger partial charge in [0.2, 0.25) is 0 Å². The molecule has 1 atom stereocenters. The van der Waals surface area contributed by atoms with Crippen molar-refractivity contribution in [3.63, 3.8) is 0 Å². The zero-order valence-electron chi connectivity index (χ0n) is 33.3. The molecule has 4 aliphatic rings. The predicted molar refractivity (Wildman–Crippen MR) is 213 cm³/mol. The Morgan fingerprint density at radius 2 is 1.67 bits per heavy atom. The number of carbonyl (C=O) groups is 4. The number of hydrogen-bond donors (Lipinski definition) is 2. The number of benzene rings is 2. The minimum Gasteiger partial charge on any atom is -0.465 e. The highest BCUT2D eigenvalue weighted by Crippen LogP contribution is 2.38. The number of likely N-dealkylation sites (tertiary alicyclic amines) is 2. The molecule has 4 heterocycles. The van der Waals surface area contributed by atoms with Gasteiger partial charge in [-0.1, -0.05) is 43.1 Å².